The molecule has 158 valence electrons. The Hall–Kier alpha value is -2.94. The summed E-state index contributed by atoms with van der Waals surface area (Å²) in [5.74, 6) is -0.459. The van der Waals surface area contributed by atoms with Crippen molar-refractivity contribution in [3.8, 4) is 11.3 Å². The van der Waals surface area contributed by atoms with Crippen LogP contribution in [-0.2, 0) is 6.18 Å². The van der Waals surface area contributed by atoms with Crippen molar-refractivity contribution in [2.45, 2.75) is 38.5 Å². The van der Waals surface area contributed by atoms with Gasteiger partial charge in [0, 0.05) is 24.7 Å². The normalized spacial score (nSPS) is 17.9. The van der Waals surface area contributed by atoms with Gasteiger partial charge in [0.1, 0.15) is 0 Å². The quantitative estimate of drug-likeness (QED) is 0.689. The summed E-state index contributed by atoms with van der Waals surface area (Å²) < 4.78 is 41.9. The van der Waals surface area contributed by atoms with E-state index >= 15 is 0 Å². The van der Waals surface area contributed by atoms with E-state index in [1.165, 1.54) is 11.0 Å². The number of benzene rings is 1. The van der Waals surface area contributed by atoms with Crippen LogP contribution in [0, 0.1) is 6.92 Å². The maximum atomic E-state index is 13.7. The van der Waals surface area contributed by atoms with E-state index in [-0.39, 0.29) is 17.0 Å². The highest BCUT2D eigenvalue weighted by molar-refractivity contribution is 5.93. The van der Waals surface area contributed by atoms with Gasteiger partial charge in [-0.25, -0.2) is 9.50 Å². The lowest BCUT2D eigenvalue weighted by Gasteiger charge is -2.18. The molecule has 0 saturated carbocycles. The van der Waals surface area contributed by atoms with E-state index in [9.17, 15) is 23.1 Å². The molecule has 1 fully saturated rings. The zero-order valence-electron chi connectivity index (χ0n) is 16.4. The molecule has 0 bridgehead atoms. The molecule has 1 amide bonds. The second-order valence-corrected chi connectivity index (χ2v) is 7.57. The fourth-order valence-corrected chi connectivity index (χ4v) is 3.60. The van der Waals surface area contributed by atoms with E-state index in [0.717, 1.165) is 11.6 Å². The number of amides is 1. The van der Waals surface area contributed by atoms with Crippen molar-refractivity contribution in [3.05, 3.63) is 53.3 Å². The number of carbonyl (C=O) groups excluding carboxylic acids is 1. The molecule has 4 rings (SSSR count). The smallest absolute Gasteiger partial charge is 0.393 e. The zero-order valence-corrected chi connectivity index (χ0v) is 16.4. The monoisotopic (exact) mass is 418 g/mol. The number of aliphatic hydroxyl groups excluding tert-OH is 1. The van der Waals surface area contributed by atoms with Crippen molar-refractivity contribution >= 4 is 11.6 Å². The van der Waals surface area contributed by atoms with E-state index in [4.69, 9.17) is 0 Å². The predicted molar refractivity (Wildman–Crippen MR) is 104 cm³/mol. The third-order valence-electron chi connectivity index (χ3n) is 5.27. The number of likely N-dealkylation sites (tertiary alicyclic amines) is 1. The third-order valence-corrected chi connectivity index (χ3v) is 5.27. The van der Waals surface area contributed by atoms with Crippen molar-refractivity contribution < 1.29 is 23.1 Å². The Morgan fingerprint density at radius 1 is 1.13 bits per heavy atom. The first kappa shape index (κ1) is 20.3. The number of aromatic nitrogens is 3. The van der Waals surface area contributed by atoms with Crippen molar-refractivity contribution in [1.29, 1.82) is 0 Å². The lowest BCUT2D eigenvalue weighted by molar-refractivity contribution is -0.142. The molecular weight excluding hydrogens is 397 g/mol. The maximum Gasteiger partial charge on any atom is 0.433 e. The first-order chi connectivity index (χ1) is 14.2. The lowest BCUT2D eigenvalue weighted by atomic mass is 10.1. The highest BCUT2D eigenvalue weighted by Gasteiger charge is 2.36. The minimum atomic E-state index is -4.67. The van der Waals surface area contributed by atoms with E-state index in [1.54, 1.807) is 24.3 Å². The van der Waals surface area contributed by atoms with E-state index in [1.807, 2.05) is 6.92 Å². The topological polar surface area (TPSA) is 70.7 Å². The molecule has 1 aromatic carbocycles. The molecular formula is C21H21F3N4O2. The molecule has 1 unspecified atom stereocenters. The van der Waals surface area contributed by atoms with Crippen molar-refractivity contribution in [1.82, 2.24) is 19.5 Å². The Kier molecular flexibility index (Phi) is 5.23. The SMILES string of the molecule is Cc1ccc(-c2cc(C(F)(F)F)n3nc(C(=O)N4CCCC(O)CC4)cc3n2)cc1. The molecule has 0 spiro atoms. The number of aryl methyl sites for hydroxylation is 1. The number of alkyl halides is 3. The molecule has 1 aliphatic rings. The summed E-state index contributed by atoms with van der Waals surface area (Å²) in [4.78, 5) is 18.7. The van der Waals surface area contributed by atoms with Crippen molar-refractivity contribution in [3.63, 3.8) is 0 Å². The molecule has 1 saturated heterocycles. The Morgan fingerprint density at radius 3 is 2.57 bits per heavy atom. The fourth-order valence-electron chi connectivity index (χ4n) is 3.60. The Labute approximate surface area is 171 Å². The van der Waals surface area contributed by atoms with Gasteiger partial charge in [0.15, 0.2) is 17.0 Å². The molecule has 0 aliphatic carbocycles. The number of hydrogen-bond donors (Lipinski definition) is 1. The number of halogens is 3. The van der Waals surface area contributed by atoms with Gasteiger partial charge in [-0.15, -0.1) is 0 Å². The van der Waals surface area contributed by atoms with Crippen LogP contribution in [0.25, 0.3) is 16.9 Å². The highest BCUT2D eigenvalue weighted by Crippen LogP contribution is 2.32. The van der Waals surface area contributed by atoms with Crippen LogP contribution in [0.2, 0.25) is 0 Å². The average molecular weight is 418 g/mol. The predicted octanol–water partition coefficient (Wildman–Crippen LogP) is 3.71. The van der Waals surface area contributed by atoms with Crippen LogP contribution in [0.1, 0.15) is 41.0 Å². The standard InChI is InChI=1S/C21H21F3N4O2/c1-13-4-6-14(7-5-13)16-11-18(21(22,23)24)28-19(25-16)12-17(26-28)20(30)27-9-2-3-15(29)8-10-27/h4-7,11-12,15,29H,2-3,8-10H2,1H3. The van der Waals surface area contributed by atoms with Crippen LogP contribution in [0.15, 0.2) is 36.4 Å². The van der Waals surface area contributed by atoms with Gasteiger partial charge in [-0.1, -0.05) is 29.8 Å². The molecule has 3 heterocycles. The molecule has 0 radical (unpaired) electrons. The Balaban J connectivity index is 1.77. The summed E-state index contributed by atoms with van der Waals surface area (Å²) in [5, 5.41) is 13.7. The molecule has 6 nitrogen and oxygen atoms in total. The minimum absolute atomic E-state index is 0.0430. The van der Waals surface area contributed by atoms with Crippen LogP contribution in [0.5, 0.6) is 0 Å². The molecule has 2 aromatic heterocycles. The summed E-state index contributed by atoms with van der Waals surface area (Å²) in [7, 11) is 0. The Morgan fingerprint density at radius 2 is 1.87 bits per heavy atom. The van der Waals surface area contributed by atoms with Gasteiger partial charge >= 0.3 is 6.18 Å². The van der Waals surface area contributed by atoms with Crippen LogP contribution in [0.4, 0.5) is 13.2 Å². The number of nitrogens with zero attached hydrogens (tertiary/aromatic N) is 4. The van der Waals surface area contributed by atoms with Gasteiger partial charge in [0.05, 0.1) is 11.8 Å². The number of aliphatic hydroxyl groups is 1. The van der Waals surface area contributed by atoms with Gasteiger partial charge in [0.2, 0.25) is 0 Å². The van der Waals surface area contributed by atoms with E-state index < -0.39 is 23.9 Å². The van der Waals surface area contributed by atoms with Gasteiger partial charge in [0.25, 0.3) is 5.91 Å². The molecule has 1 atom stereocenters. The van der Waals surface area contributed by atoms with Crippen LogP contribution >= 0.6 is 0 Å². The maximum absolute atomic E-state index is 13.7. The largest absolute Gasteiger partial charge is 0.433 e. The summed E-state index contributed by atoms with van der Waals surface area (Å²) in [5.41, 5.74) is 0.559. The summed E-state index contributed by atoms with van der Waals surface area (Å²) in [6.07, 6.45) is -3.49. The summed E-state index contributed by atoms with van der Waals surface area (Å²) in [6, 6.07) is 9.25. The van der Waals surface area contributed by atoms with Gasteiger partial charge in [-0.05, 0) is 32.3 Å². The molecule has 3 aromatic rings. The van der Waals surface area contributed by atoms with Crippen molar-refractivity contribution in [2.24, 2.45) is 0 Å². The van der Waals surface area contributed by atoms with Crippen LogP contribution in [-0.4, -0.2) is 49.7 Å². The first-order valence-electron chi connectivity index (χ1n) is 9.75. The lowest BCUT2D eigenvalue weighted by Crippen LogP contribution is -2.32. The molecule has 30 heavy (non-hydrogen) atoms. The first-order valence-corrected chi connectivity index (χ1v) is 9.75. The summed E-state index contributed by atoms with van der Waals surface area (Å²) in [6.45, 7) is 2.65. The average Bonchev–Trinajstić information content (AvgIpc) is 3.01. The van der Waals surface area contributed by atoms with E-state index in [0.29, 0.717) is 42.4 Å². The highest BCUT2D eigenvalue weighted by atomic mass is 19.4. The molecule has 1 aliphatic heterocycles. The van der Waals surface area contributed by atoms with Crippen molar-refractivity contribution in [2.75, 3.05) is 13.1 Å². The second kappa shape index (κ2) is 7.71. The molecule has 9 heteroatoms. The van der Waals surface area contributed by atoms with E-state index in [2.05, 4.69) is 10.1 Å². The minimum Gasteiger partial charge on any atom is -0.393 e. The van der Waals surface area contributed by atoms with Gasteiger partial charge in [-0.3, -0.25) is 4.79 Å². The van der Waals surface area contributed by atoms with Crippen LogP contribution < -0.4 is 0 Å². The zero-order chi connectivity index (χ0) is 21.5. The number of fused-ring (bicyclic) bond motifs is 1. The Bertz CT molecular complexity index is 1080. The number of rotatable bonds is 2. The fraction of sp³-hybridized carbons (Fsp3) is 0.381. The van der Waals surface area contributed by atoms with Crippen LogP contribution in [0.3, 0.4) is 0 Å². The van der Waals surface area contributed by atoms with Gasteiger partial charge < -0.3 is 10.0 Å². The number of hydrogen-bond acceptors (Lipinski definition) is 4. The third kappa shape index (κ3) is 4.02. The number of carbonyl (C=O) groups is 1. The molecule has 1 N–H and O–H groups in total. The van der Waals surface area contributed by atoms with Gasteiger partial charge in [-0.2, -0.15) is 18.3 Å². The second-order valence-electron chi connectivity index (χ2n) is 7.57. The summed E-state index contributed by atoms with van der Waals surface area (Å²) >= 11 is 0.